The number of fused-ring (bicyclic) bond motifs is 1. The lowest BCUT2D eigenvalue weighted by molar-refractivity contribution is -0.385. The standard InChI is InChI=1S/C19H10F3N3O3/c20-19(21,22)18(11-5-4-8-13-6-2-1-3-7-13)15-12-14(25(27)28)9-10-16(15)23-17(26)24-18/h1-3,6-7,9-10,12H,(H2,23,24,26). The van der Waals surface area contributed by atoms with Crippen molar-refractivity contribution in [2.45, 2.75) is 11.7 Å². The number of nitro benzene ring substituents is 1. The highest BCUT2D eigenvalue weighted by molar-refractivity contribution is 5.95. The van der Waals surface area contributed by atoms with Crippen LogP contribution in [0.25, 0.3) is 0 Å². The molecule has 0 saturated carbocycles. The molecule has 28 heavy (non-hydrogen) atoms. The van der Waals surface area contributed by atoms with E-state index < -0.39 is 33.9 Å². The van der Waals surface area contributed by atoms with E-state index in [4.69, 9.17) is 0 Å². The molecule has 6 nitrogen and oxygen atoms in total. The van der Waals surface area contributed by atoms with Crippen LogP contribution in [0, 0.1) is 33.8 Å². The minimum atomic E-state index is -5.06. The molecule has 9 heteroatoms. The second kappa shape index (κ2) is 6.97. The van der Waals surface area contributed by atoms with Crippen LogP contribution in [0.3, 0.4) is 0 Å². The molecule has 0 spiro atoms. The molecule has 2 N–H and O–H groups in total. The summed E-state index contributed by atoms with van der Waals surface area (Å²) in [7, 11) is 0. The molecule has 140 valence electrons. The number of urea groups is 1. The zero-order chi connectivity index (χ0) is 20.4. The van der Waals surface area contributed by atoms with E-state index in [0.717, 1.165) is 18.2 Å². The van der Waals surface area contributed by atoms with E-state index in [1.165, 1.54) is 0 Å². The lowest BCUT2D eigenvalue weighted by Crippen LogP contribution is -2.59. The number of nitrogens with one attached hydrogen (secondary N) is 2. The first kappa shape index (κ1) is 18.8. The summed E-state index contributed by atoms with van der Waals surface area (Å²) >= 11 is 0. The maximum Gasteiger partial charge on any atom is 0.427 e. The topological polar surface area (TPSA) is 84.3 Å². The monoisotopic (exact) mass is 385 g/mol. The van der Waals surface area contributed by atoms with Crippen molar-refractivity contribution in [2.75, 3.05) is 5.32 Å². The van der Waals surface area contributed by atoms with Gasteiger partial charge in [0.1, 0.15) is 0 Å². The molecule has 2 aromatic carbocycles. The van der Waals surface area contributed by atoms with E-state index in [0.29, 0.717) is 5.56 Å². The number of hydrogen-bond acceptors (Lipinski definition) is 3. The molecule has 0 saturated heterocycles. The number of alkyl halides is 3. The van der Waals surface area contributed by atoms with Crippen molar-refractivity contribution in [3.05, 3.63) is 69.8 Å². The minimum absolute atomic E-state index is 0.225. The van der Waals surface area contributed by atoms with E-state index in [2.05, 4.69) is 23.1 Å². The fourth-order valence-electron chi connectivity index (χ4n) is 2.60. The maximum absolute atomic E-state index is 14.0. The quantitative estimate of drug-likeness (QED) is 0.447. The van der Waals surface area contributed by atoms with Gasteiger partial charge in [0.25, 0.3) is 5.69 Å². The molecule has 0 aliphatic carbocycles. The van der Waals surface area contributed by atoms with E-state index in [9.17, 15) is 28.1 Å². The van der Waals surface area contributed by atoms with Crippen LogP contribution in [0.2, 0.25) is 0 Å². The molecule has 1 unspecified atom stereocenters. The third-order valence-electron chi connectivity index (χ3n) is 3.89. The number of nitro groups is 1. The van der Waals surface area contributed by atoms with Gasteiger partial charge in [-0.2, -0.15) is 13.2 Å². The van der Waals surface area contributed by atoms with E-state index in [1.54, 1.807) is 35.6 Å². The molecular formula is C19H10F3N3O3. The third-order valence-corrected chi connectivity index (χ3v) is 3.89. The molecule has 1 heterocycles. The Hall–Kier alpha value is -3.98. The van der Waals surface area contributed by atoms with Crippen molar-refractivity contribution in [1.29, 1.82) is 0 Å². The first-order chi connectivity index (χ1) is 13.2. The SMILES string of the molecule is O=C1Nc2ccc([N+](=O)[O-])cc2C(C#CC#Cc2ccccc2)(C(F)(F)F)N1. The number of non-ortho nitro benzene ring substituents is 1. The Morgan fingerprint density at radius 3 is 2.43 bits per heavy atom. The van der Waals surface area contributed by atoms with Crippen molar-refractivity contribution in [3.8, 4) is 23.7 Å². The molecule has 0 fully saturated rings. The van der Waals surface area contributed by atoms with Crippen LogP contribution in [-0.4, -0.2) is 17.1 Å². The van der Waals surface area contributed by atoms with E-state index >= 15 is 0 Å². The smallest absolute Gasteiger partial charge is 0.310 e. The van der Waals surface area contributed by atoms with Crippen molar-refractivity contribution < 1.29 is 22.9 Å². The van der Waals surface area contributed by atoms with Crippen LogP contribution in [0.5, 0.6) is 0 Å². The van der Waals surface area contributed by atoms with Crippen molar-refractivity contribution in [3.63, 3.8) is 0 Å². The largest absolute Gasteiger partial charge is 0.427 e. The van der Waals surface area contributed by atoms with E-state index in [-0.39, 0.29) is 5.69 Å². The van der Waals surface area contributed by atoms with Gasteiger partial charge in [-0.3, -0.25) is 10.1 Å². The molecule has 2 aromatic rings. The second-order valence-corrected chi connectivity index (χ2v) is 5.68. The number of rotatable bonds is 1. The molecule has 1 aliphatic heterocycles. The summed E-state index contributed by atoms with van der Waals surface area (Å²) in [6, 6.07) is 10.1. The first-order valence-corrected chi connectivity index (χ1v) is 7.76. The van der Waals surface area contributed by atoms with Gasteiger partial charge in [0, 0.05) is 28.9 Å². The van der Waals surface area contributed by atoms with Gasteiger partial charge in [-0.25, -0.2) is 4.79 Å². The lowest BCUT2D eigenvalue weighted by atomic mass is 9.86. The summed E-state index contributed by atoms with van der Waals surface area (Å²) in [5, 5.41) is 14.9. The van der Waals surface area contributed by atoms with Crippen LogP contribution < -0.4 is 10.6 Å². The van der Waals surface area contributed by atoms with Crippen LogP contribution in [0.4, 0.5) is 29.3 Å². The van der Waals surface area contributed by atoms with Gasteiger partial charge >= 0.3 is 12.2 Å². The van der Waals surface area contributed by atoms with Gasteiger partial charge in [-0.05, 0) is 36.0 Å². The lowest BCUT2D eigenvalue weighted by Gasteiger charge is -2.36. The number of amides is 2. The summed E-state index contributed by atoms with van der Waals surface area (Å²) in [4.78, 5) is 22.0. The number of halogens is 3. The fraction of sp³-hybridized carbons (Fsp3) is 0.105. The number of carbonyl (C=O) groups is 1. The molecule has 0 aromatic heterocycles. The van der Waals surface area contributed by atoms with Crippen LogP contribution in [0.15, 0.2) is 48.5 Å². The zero-order valence-electron chi connectivity index (χ0n) is 13.9. The number of carbonyl (C=O) groups excluding carboxylic acids is 1. The fourth-order valence-corrected chi connectivity index (χ4v) is 2.60. The number of nitrogens with zero attached hydrogens (tertiary/aromatic N) is 1. The summed E-state index contributed by atoms with van der Waals surface area (Å²) in [5.41, 5.74) is -3.97. The maximum atomic E-state index is 14.0. The Labute approximate surface area is 156 Å². The predicted molar refractivity (Wildman–Crippen MR) is 94.1 cm³/mol. The van der Waals surface area contributed by atoms with Crippen molar-refractivity contribution in [1.82, 2.24) is 5.32 Å². The minimum Gasteiger partial charge on any atom is -0.310 e. The molecule has 2 amide bonds. The van der Waals surface area contributed by atoms with Gasteiger partial charge in [0.15, 0.2) is 0 Å². The Balaban J connectivity index is 2.15. The Morgan fingerprint density at radius 2 is 1.79 bits per heavy atom. The molecule has 1 atom stereocenters. The normalized spacial score (nSPS) is 17.6. The highest BCUT2D eigenvalue weighted by atomic mass is 19.4. The molecule has 1 aliphatic rings. The van der Waals surface area contributed by atoms with Crippen molar-refractivity contribution >= 4 is 17.4 Å². The van der Waals surface area contributed by atoms with Crippen LogP contribution in [0.1, 0.15) is 11.1 Å². The van der Waals surface area contributed by atoms with Crippen LogP contribution in [-0.2, 0) is 5.54 Å². The molecule has 3 rings (SSSR count). The zero-order valence-corrected chi connectivity index (χ0v) is 13.9. The average Bonchev–Trinajstić information content (AvgIpc) is 2.64. The summed E-state index contributed by atoms with van der Waals surface area (Å²) in [5.74, 6) is 8.97. The van der Waals surface area contributed by atoms with Gasteiger partial charge in [0.05, 0.1) is 4.92 Å². The summed E-state index contributed by atoms with van der Waals surface area (Å²) < 4.78 is 41.9. The van der Waals surface area contributed by atoms with Crippen LogP contribution >= 0.6 is 0 Å². The second-order valence-electron chi connectivity index (χ2n) is 5.68. The predicted octanol–water partition coefficient (Wildman–Crippen LogP) is 3.54. The number of anilines is 1. The van der Waals surface area contributed by atoms with Gasteiger partial charge in [-0.15, -0.1) is 0 Å². The van der Waals surface area contributed by atoms with E-state index in [1.807, 2.05) is 5.92 Å². The summed E-state index contributed by atoms with van der Waals surface area (Å²) in [6.07, 6.45) is -5.06. The Kier molecular flexibility index (Phi) is 4.68. The molecule has 0 bridgehead atoms. The highest BCUT2D eigenvalue weighted by Gasteiger charge is 2.59. The number of hydrogen-bond donors (Lipinski definition) is 2. The van der Waals surface area contributed by atoms with Gasteiger partial charge in [0.2, 0.25) is 5.54 Å². The first-order valence-electron chi connectivity index (χ1n) is 7.76. The average molecular weight is 385 g/mol. The Morgan fingerprint density at radius 1 is 1.07 bits per heavy atom. The Bertz CT molecular complexity index is 1080. The highest BCUT2D eigenvalue weighted by Crippen LogP contribution is 2.44. The van der Waals surface area contributed by atoms with Gasteiger partial charge < -0.3 is 10.6 Å². The molecular weight excluding hydrogens is 375 g/mol. The van der Waals surface area contributed by atoms with Crippen molar-refractivity contribution in [2.24, 2.45) is 0 Å². The van der Waals surface area contributed by atoms with Gasteiger partial charge in [-0.1, -0.05) is 24.1 Å². The number of benzene rings is 2. The molecule has 0 radical (unpaired) electrons. The summed E-state index contributed by atoms with van der Waals surface area (Å²) in [6.45, 7) is 0. The third kappa shape index (κ3) is 3.46.